The zero-order valence-electron chi connectivity index (χ0n) is 14.0. The highest BCUT2D eigenvalue weighted by atomic mass is 32.2. The van der Waals surface area contributed by atoms with Crippen molar-refractivity contribution in [2.75, 3.05) is 19.0 Å². The lowest BCUT2D eigenvalue weighted by Crippen LogP contribution is -2.45. The Kier molecular flexibility index (Phi) is 9.89. The number of rotatable bonds is 10. The molecule has 0 aliphatic carbocycles. The first-order valence-electron chi connectivity index (χ1n) is 8.49. The van der Waals surface area contributed by atoms with E-state index in [1.165, 1.54) is 37.4 Å². The molecule has 0 radical (unpaired) electrons. The molecule has 1 fully saturated rings. The summed E-state index contributed by atoms with van der Waals surface area (Å²) in [7, 11) is -1.92. The zero-order chi connectivity index (χ0) is 15.6. The second kappa shape index (κ2) is 10.8. The Hall–Kier alpha value is 0.157. The number of carbonyl (C=O) groups is 1. The van der Waals surface area contributed by atoms with Gasteiger partial charge in [0.15, 0.2) is 5.12 Å². The first-order valence-corrected chi connectivity index (χ1v) is 12.0. The minimum absolute atomic E-state index is 0.359. The van der Waals surface area contributed by atoms with Gasteiger partial charge in [0.25, 0.3) is 0 Å². The average Bonchev–Trinajstić information content (AvgIpc) is 2.47. The van der Waals surface area contributed by atoms with Crippen molar-refractivity contribution in [3.05, 3.63) is 0 Å². The van der Waals surface area contributed by atoms with Crippen LogP contribution >= 0.6 is 11.8 Å². The van der Waals surface area contributed by atoms with Crippen LogP contribution < -0.4 is 0 Å². The Labute approximate surface area is 135 Å². The van der Waals surface area contributed by atoms with Gasteiger partial charge in [-0.3, -0.25) is 4.79 Å². The molecule has 0 aromatic carbocycles. The number of hydrogen-bond donors (Lipinski definition) is 0. The maximum absolute atomic E-state index is 11.8. The van der Waals surface area contributed by atoms with Crippen LogP contribution in [-0.4, -0.2) is 32.6 Å². The fraction of sp³-hybridized carbons (Fsp3) is 0.938. The third kappa shape index (κ3) is 9.01. The van der Waals surface area contributed by atoms with E-state index in [1.54, 1.807) is 0 Å². The van der Waals surface area contributed by atoms with E-state index in [2.05, 4.69) is 20.4 Å². The van der Waals surface area contributed by atoms with Crippen molar-refractivity contribution in [1.29, 1.82) is 0 Å². The van der Waals surface area contributed by atoms with E-state index in [9.17, 15) is 4.79 Å². The summed E-state index contributed by atoms with van der Waals surface area (Å²) < 4.78 is 11.8. The van der Waals surface area contributed by atoms with Gasteiger partial charge < -0.3 is 8.85 Å². The highest BCUT2D eigenvalue weighted by Gasteiger charge is 2.35. The Balaban J connectivity index is 1.99. The second-order valence-corrected chi connectivity index (χ2v) is 10.8. The summed E-state index contributed by atoms with van der Waals surface area (Å²) >= 11 is 1.50. The van der Waals surface area contributed by atoms with Gasteiger partial charge in [-0.15, -0.1) is 0 Å². The van der Waals surface area contributed by atoms with E-state index in [0.717, 1.165) is 44.3 Å². The average molecular weight is 333 g/mol. The van der Waals surface area contributed by atoms with Crippen molar-refractivity contribution >= 4 is 25.4 Å². The monoisotopic (exact) mass is 332 g/mol. The fourth-order valence-electron chi connectivity index (χ4n) is 2.40. The highest BCUT2D eigenvalue weighted by molar-refractivity contribution is 8.13. The van der Waals surface area contributed by atoms with Crippen LogP contribution in [0.4, 0.5) is 0 Å². The molecule has 0 unspecified atom stereocenters. The Morgan fingerprint density at radius 3 is 2.48 bits per heavy atom. The molecule has 1 aliphatic rings. The summed E-state index contributed by atoms with van der Waals surface area (Å²) in [6, 6.07) is 1.01. The van der Waals surface area contributed by atoms with Gasteiger partial charge in [-0.1, -0.05) is 51.3 Å². The number of unbranched alkanes of at least 4 members (excludes halogenated alkanes) is 4. The Morgan fingerprint density at radius 2 is 1.81 bits per heavy atom. The lowest BCUT2D eigenvalue weighted by Gasteiger charge is -2.34. The fourth-order valence-corrected chi connectivity index (χ4v) is 5.92. The van der Waals surface area contributed by atoms with Gasteiger partial charge in [0.1, 0.15) is 0 Å². The topological polar surface area (TPSA) is 35.5 Å². The van der Waals surface area contributed by atoms with Crippen LogP contribution in [0.2, 0.25) is 12.6 Å². The zero-order valence-corrected chi connectivity index (χ0v) is 15.8. The van der Waals surface area contributed by atoms with Gasteiger partial charge in [0, 0.05) is 31.3 Å². The van der Waals surface area contributed by atoms with Crippen LogP contribution in [-0.2, 0) is 13.6 Å². The van der Waals surface area contributed by atoms with Crippen LogP contribution in [0, 0.1) is 5.92 Å². The van der Waals surface area contributed by atoms with Gasteiger partial charge >= 0.3 is 8.56 Å². The first kappa shape index (κ1) is 19.2. The molecule has 5 heteroatoms. The third-order valence-electron chi connectivity index (χ3n) is 3.87. The quantitative estimate of drug-likeness (QED) is 0.427. The Bertz CT molecular complexity index is 291. The van der Waals surface area contributed by atoms with Crippen LogP contribution in [0.15, 0.2) is 0 Å². The van der Waals surface area contributed by atoms with Crippen LogP contribution in [0.3, 0.4) is 0 Å². The summed E-state index contributed by atoms with van der Waals surface area (Å²) in [5.74, 6) is 1.44. The molecule has 0 atom stereocenters. The largest absolute Gasteiger partial charge is 0.394 e. The molecule has 0 aromatic rings. The molecule has 0 bridgehead atoms. The molecule has 0 amide bonds. The molecule has 1 aliphatic heterocycles. The van der Waals surface area contributed by atoms with Crippen molar-refractivity contribution in [3.8, 4) is 0 Å². The van der Waals surface area contributed by atoms with E-state index in [1.807, 2.05) is 0 Å². The van der Waals surface area contributed by atoms with Crippen molar-refractivity contribution in [2.24, 2.45) is 5.92 Å². The predicted octanol–water partition coefficient (Wildman–Crippen LogP) is 4.75. The van der Waals surface area contributed by atoms with E-state index in [-0.39, 0.29) is 0 Å². The second-order valence-electron chi connectivity index (χ2n) is 6.35. The summed E-state index contributed by atoms with van der Waals surface area (Å²) in [5.41, 5.74) is 0. The minimum atomic E-state index is -1.92. The standard InChI is InChI=1S/C16H32O3SSi/c1-4-5-6-7-8-10-16(17)20-11-9-12-21(3)18-13-15(2)14-19-21/h15H,4-14H2,1-3H3. The molecular weight excluding hydrogens is 300 g/mol. The SMILES string of the molecule is CCCCCCCC(=O)SCCC[Si]1(C)OCC(C)CO1. The van der Waals surface area contributed by atoms with E-state index >= 15 is 0 Å². The summed E-state index contributed by atoms with van der Waals surface area (Å²) in [4.78, 5) is 11.8. The lowest BCUT2D eigenvalue weighted by molar-refractivity contribution is -0.111. The van der Waals surface area contributed by atoms with Crippen LogP contribution in [0.5, 0.6) is 0 Å². The molecule has 0 N–H and O–H groups in total. The highest BCUT2D eigenvalue weighted by Crippen LogP contribution is 2.24. The normalized spacial score (nSPS) is 26.0. The van der Waals surface area contributed by atoms with Gasteiger partial charge in [-0.2, -0.15) is 0 Å². The lowest BCUT2D eigenvalue weighted by atomic mass is 10.1. The molecule has 0 aromatic heterocycles. The van der Waals surface area contributed by atoms with E-state index in [4.69, 9.17) is 8.85 Å². The minimum Gasteiger partial charge on any atom is -0.394 e. The molecule has 21 heavy (non-hydrogen) atoms. The molecule has 124 valence electrons. The molecule has 1 saturated heterocycles. The van der Waals surface area contributed by atoms with Crippen molar-refractivity contribution in [2.45, 2.75) is 71.4 Å². The van der Waals surface area contributed by atoms with Crippen molar-refractivity contribution < 1.29 is 13.6 Å². The molecule has 1 heterocycles. The molecule has 0 spiro atoms. The summed E-state index contributed by atoms with van der Waals surface area (Å²) in [5, 5.41) is 0.359. The summed E-state index contributed by atoms with van der Waals surface area (Å²) in [6.07, 6.45) is 7.85. The van der Waals surface area contributed by atoms with E-state index in [0.29, 0.717) is 11.0 Å². The molecular formula is C16H32O3SSi. The maximum Gasteiger partial charge on any atom is 0.334 e. The molecule has 1 rings (SSSR count). The van der Waals surface area contributed by atoms with E-state index < -0.39 is 8.56 Å². The first-order chi connectivity index (χ1) is 10.1. The summed E-state index contributed by atoms with van der Waals surface area (Å²) in [6.45, 7) is 8.20. The number of carbonyl (C=O) groups excluding carboxylic acids is 1. The number of hydrogen-bond acceptors (Lipinski definition) is 4. The number of thioether (sulfide) groups is 1. The van der Waals surface area contributed by atoms with Crippen molar-refractivity contribution in [3.63, 3.8) is 0 Å². The van der Waals surface area contributed by atoms with Crippen molar-refractivity contribution in [1.82, 2.24) is 0 Å². The Morgan fingerprint density at radius 1 is 1.14 bits per heavy atom. The van der Waals surface area contributed by atoms with Gasteiger partial charge in [-0.25, -0.2) is 0 Å². The molecule has 3 nitrogen and oxygen atoms in total. The van der Waals surface area contributed by atoms with Gasteiger partial charge in [0.2, 0.25) is 0 Å². The van der Waals surface area contributed by atoms with Crippen LogP contribution in [0.1, 0.15) is 58.8 Å². The third-order valence-corrected chi connectivity index (χ3v) is 7.70. The van der Waals surface area contributed by atoms with Gasteiger partial charge in [0.05, 0.1) is 0 Å². The van der Waals surface area contributed by atoms with Gasteiger partial charge in [-0.05, 0) is 25.4 Å². The van der Waals surface area contributed by atoms with Crippen LogP contribution in [0.25, 0.3) is 0 Å². The molecule has 0 saturated carbocycles. The maximum atomic E-state index is 11.8. The smallest absolute Gasteiger partial charge is 0.334 e. The predicted molar refractivity (Wildman–Crippen MR) is 93.0 cm³/mol.